The molecule has 0 radical (unpaired) electrons. The number of carbonyl (C=O) groups is 2. The number of H-pyrrole nitrogens is 1. The number of carbonyl (C=O) groups excluding carboxylic acids is 1. The smallest absolute Gasteiger partial charge is 0.305 e. The lowest BCUT2D eigenvalue weighted by atomic mass is 9.74. The summed E-state index contributed by atoms with van der Waals surface area (Å²) in [6, 6.07) is 5.49. The van der Waals surface area contributed by atoms with Gasteiger partial charge in [-0.2, -0.15) is 0 Å². The van der Waals surface area contributed by atoms with Crippen LogP contribution in [0.25, 0.3) is 10.9 Å². The van der Waals surface area contributed by atoms with Gasteiger partial charge in [0.15, 0.2) is 0 Å². The Labute approximate surface area is 132 Å². The van der Waals surface area contributed by atoms with Crippen LogP contribution in [-0.2, 0) is 16.0 Å². The fourth-order valence-electron chi connectivity index (χ4n) is 3.05. The van der Waals surface area contributed by atoms with Gasteiger partial charge in [0.1, 0.15) is 0 Å². The summed E-state index contributed by atoms with van der Waals surface area (Å²) in [5, 5.41) is 13.4. The number of hydrogen-bond donors (Lipinski definition) is 3. The average molecular weight is 321 g/mol. The first-order chi connectivity index (χ1) is 10.5. The Morgan fingerprint density at radius 2 is 2.14 bits per heavy atom. The van der Waals surface area contributed by atoms with Gasteiger partial charge in [0.05, 0.1) is 18.4 Å². The molecule has 1 aliphatic carbocycles. The maximum Gasteiger partial charge on any atom is 0.305 e. The minimum Gasteiger partial charge on any atom is -0.481 e. The summed E-state index contributed by atoms with van der Waals surface area (Å²) in [5.41, 5.74) is 1.23. The van der Waals surface area contributed by atoms with E-state index < -0.39 is 11.5 Å². The molecule has 5 nitrogen and oxygen atoms in total. The summed E-state index contributed by atoms with van der Waals surface area (Å²) >= 11 is 6.00. The van der Waals surface area contributed by atoms with Crippen molar-refractivity contribution in [3.05, 3.63) is 35.0 Å². The van der Waals surface area contributed by atoms with E-state index in [0.29, 0.717) is 5.02 Å². The molecule has 0 aliphatic heterocycles. The standard InChI is InChI=1S/C16H17ClN2O3/c17-11-2-3-13-12(7-11)10(9-18-13)6-14(20)19-16(4-1-5-16)8-15(21)22/h2-3,7,9,18H,1,4-6,8H2,(H,19,20)(H,21,22). The highest BCUT2D eigenvalue weighted by Crippen LogP contribution is 2.35. The van der Waals surface area contributed by atoms with Crippen LogP contribution in [0.15, 0.2) is 24.4 Å². The summed E-state index contributed by atoms with van der Waals surface area (Å²) in [6.45, 7) is 0. The number of aromatic amines is 1. The minimum atomic E-state index is -0.876. The molecular formula is C16H17ClN2O3. The zero-order valence-corrected chi connectivity index (χ0v) is 12.7. The number of benzene rings is 1. The number of nitrogens with one attached hydrogen (secondary N) is 2. The third-order valence-corrected chi connectivity index (χ3v) is 4.52. The highest BCUT2D eigenvalue weighted by atomic mass is 35.5. The van der Waals surface area contributed by atoms with E-state index in [1.54, 1.807) is 12.3 Å². The van der Waals surface area contributed by atoms with Gasteiger partial charge in [0.25, 0.3) is 0 Å². The fourth-order valence-corrected chi connectivity index (χ4v) is 3.22. The van der Waals surface area contributed by atoms with Crippen LogP contribution in [0.2, 0.25) is 5.02 Å². The molecule has 1 aromatic carbocycles. The molecule has 1 fully saturated rings. The van der Waals surface area contributed by atoms with Crippen LogP contribution in [0.3, 0.4) is 0 Å². The van der Waals surface area contributed by atoms with Crippen molar-refractivity contribution in [2.24, 2.45) is 0 Å². The van der Waals surface area contributed by atoms with E-state index in [2.05, 4.69) is 10.3 Å². The molecular weight excluding hydrogens is 304 g/mol. The molecule has 1 saturated carbocycles. The molecule has 0 bridgehead atoms. The topological polar surface area (TPSA) is 82.2 Å². The van der Waals surface area contributed by atoms with Crippen molar-refractivity contribution in [3.63, 3.8) is 0 Å². The maximum absolute atomic E-state index is 12.3. The van der Waals surface area contributed by atoms with Crippen LogP contribution < -0.4 is 5.32 Å². The van der Waals surface area contributed by atoms with E-state index in [1.165, 1.54) is 0 Å². The van der Waals surface area contributed by atoms with Gasteiger partial charge in [-0.25, -0.2) is 0 Å². The highest BCUT2D eigenvalue weighted by Gasteiger charge is 2.40. The van der Waals surface area contributed by atoms with Crippen LogP contribution in [0.1, 0.15) is 31.2 Å². The van der Waals surface area contributed by atoms with Crippen LogP contribution in [0.5, 0.6) is 0 Å². The van der Waals surface area contributed by atoms with E-state index in [4.69, 9.17) is 16.7 Å². The summed E-state index contributed by atoms with van der Waals surface area (Å²) in [4.78, 5) is 26.3. The van der Waals surface area contributed by atoms with Crippen LogP contribution >= 0.6 is 11.6 Å². The Kier molecular flexibility index (Phi) is 3.83. The van der Waals surface area contributed by atoms with Crippen LogP contribution in [0, 0.1) is 0 Å². The second kappa shape index (κ2) is 5.65. The Bertz CT molecular complexity index is 734. The second-order valence-electron chi connectivity index (χ2n) is 5.93. The molecule has 6 heteroatoms. The van der Waals surface area contributed by atoms with E-state index >= 15 is 0 Å². The molecule has 116 valence electrons. The Hall–Kier alpha value is -2.01. The Morgan fingerprint density at radius 3 is 2.77 bits per heavy atom. The SMILES string of the molecule is O=C(O)CC1(NC(=O)Cc2c[nH]c3ccc(Cl)cc23)CCC1. The summed E-state index contributed by atoms with van der Waals surface area (Å²) in [6.07, 6.45) is 4.40. The number of carboxylic acid groups (broad SMARTS) is 1. The molecule has 3 N–H and O–H groups in total. The predicted octanol–water partition coefficient (Wildman–Crippen LogP) is 2.88. The molecule has 1 amide bonds. The van der Waals surface area contributed by atoms with Gasteiger partial charge in [-0.05, 0) is 43.0 Å². The fraction of sp³-hybridized carbons (Fsp3) is 0.375. The first-order valence-corrected chi connectivity index (χ1v) is 7.64. The lowest BCUT2D eigenvalue weighted by Gasteiger charge is -2.41. The Morgan fingerprint density at radius 1 is 1.36 bits per heavy atom. The maximum atomic E-state index is 12.3. The number of fused-ring (bicyclic) bond motifs is 1. The molecule has 1 heterocycles. The number of amides is 1. The van der Waals surface area contributed by atoms with Gasteiger partial charge in [-0.15, -0.1) is 0 Å². The van der Waals surface area contributed by atoms with E-state index in [0.717, 1.165) is 35.7 Å². The Balaban J connectivity index is 1.73. The van der Waals surface area contributed by atoms with E-state index in [9.17, 15) is 9.59 Å². The van der Waals surface area contributed by atoms with Gasteiger partial charge in [0.2, 0.25) is 5.91 Å². The number of halogens is 1. The van der Waals surface area contributed by atoms with Crippen molar-refractivity contribution in [1.82, 2.24) is 10.3 Å². The highest BCUT2D eigenvalue weighted by molar-refractivity contribution is 6.31. The molecule has 0 saturated heterocycles. The zero-order chi connectivity index (χ0) is 15.7. The van der Waals surface area contributed by atoms with Gasteiger partial charge in [0, 0.05) is 22.1 Å². The largest absolute Gasteiger partial charge is 0.481 e. The number of rotatable bonds is 5. The molecule has 0 spiro atoms. The number of aliphatic carboxylic acids is 1. The quantitative estimate of drug-likeness (QED) is 0.792. The van der Waals surface area contributed by atoms with Crippen LogP contribution in [-0.4, -0.2) is 27.5 Å². The summed E-state index contributed by atoms with van der Waals surface area (Å²) < 4.78 is 0. The van der Waals surface area contributed by atoms with Crippen molar-refractivity contribution >= 4 is 34.4 Å². The third-order valence-electron chi connectivity index (χ3n) is 4.29. The first-order valence-electron chi connectivity index (χ1n) is 7.26. The van der Waals surface area contributed by atoms with E-state index in [-0.39, 0.29) is 18.7 Å². The molecule has 0 atom stereocenters. The summed E-state index contributed by atoms with van der Waals surface area (Å²) in [5.74, 6) is -1.03. The van der Waals surface area contributed by atoms with Gasteiger partial charge < -0.3 is 15.4 Å². The number of carboxylic acids is 1. The predicted molar refractivity (Wildman–Crippen MR) is 84.0 cm³/mol. The van der Waals surface area contributed by atoms with Gasteiger partial charge in [-0.1, -0.05) is 11.6 Å². The molecule has 0 unspecified atom stereocenters. The molecule has 22 heavy (non-hydrogen) atoms. The molecule has 1 aromatic heterocycles. The van der Waals surface area contributed by atoms with Crippen molar-refractivity contribution < 1.29 is 14.7 Å². The van der Waals surface area contributed by atoms with Crippen molar-refractivity contribution in [1.29, 1.82) is 0 Å². The van der Waals surface area contributed by atoms with Crippen LogP contribution in [0.4, 0.5) is 0 Å². The lowest BCUT2D eigenvalue weighted by Crippen LogP contribution is -2.55. The zero-order valence-electron chi connectivity index (χ0n) is 12.0. The molecule has 2 aromatic rings. The molecule has 1 aliphatic rings. The summed E-state index contributed by atoms with van der Waals surface area (Å²) in [7, 11) is 0. The second-order valence-corrected chi connectivity index (χ2v) is 6.37. The van der Waals surface area contributed by atoms with Gasteiger partial charge in [-0.3, -0.25) is 9.59 Å². The molecule has 3 rings (SSSR count). The third kappa shape index (κ3) is 2.95. The van der Waals surface area contributed by atoms with Crippen molar-refractivity contribution in [3.8, 4) is 0 Å². The monoisotopic (exact) mass is 320 g/mol. The van der Waals surface area contributed by atoms with E-state index in [1.807, 2.05) is 12.1 Å². The average Bonchev–Trinajstić information content (AvgIpc) is 2.78. The first kappa shape index (κ1) is 14.9. The number of aromatic nitrogens is 1. The van der Waals surface area contributed by atoms with Gasteiger partial charge >= 0.3 is 5.97 Å². The lowest BCUT2D eigenvalue weighted by molar-refractivity contribution is -0.140. The normalized spacial score (nSPS) is 16.2. The van der Waals surface area contributed by atoms with Crippen molar-refractivity contribution in [2.45, 2.75) is 37.6 Å². The van der Waals surface area contributed by atoms with Crippen molar-refractivity contribution in [2.75, 3.05) is 0 Å². The minimum absolute atomic E-state index is 0.0154. The number of hydrogen-bond acceptors (Lipinski definition) is 2.